The lowest BCUT2D eigenvalue weighted by atomic mass is 10.2. The number of halogens is 5. The Morgan fingerprint density at radius 1 is 1.00 bits per heavy atom. The molecule has 2 aromatic carbocycles. The molecule has 22 heavy (non-hydrogen) atoms. The van der Waals surface area contributed by atoms with Gasteiger partial charge in [0.25, 0.3) is 0 Å². The molecule has 0 aromatic heterocycles. The lowest BCUT2D eigenvalue weighted by Crippen LogP contribution is -2.17. The standard InChI is InChI=1S/C14H10Cl2F3NO2/c15-11-4-8(7-20)5-12(16)13(11)21-9-2-1-3-10(6-9)22-14(17,18)19/h1-6H,7,20H2. The van der Waals surface area contributed by atoms with Gasteiger partial charge in [0.05, 0.1) is 10.0 Å². The van der Waals surface area contributed by atoms with E-state index in [4.69, 9.17) is 33.7 Å². The Balaban J connectivity index is 2.26. The van der Waals surface area contributed by atoms with Crippen LogP contribution in [-0.4, -0.2) is 6.36 Å². The van der Waals surface area contributed by atoms with Gasteiger partial charge in [-0.1, -0.05) is 29.3 Å². The Morgan fingerprint density at radius 2 is 1.59 bits per heavy atom. The van der Waals surface area contributed by atoms with Gasteiger partial charge in [0, 0.05) is 12.6 Å². The van der Waals surface area contributed by atoms with E-state index in [9.17, 15) is 13.2 Å². The van der Waals surface area contributed by atoms with Crippen LogP contribution in [0, 0.1) is 0 Å². The number of rotatable bonds is 4. The van der Waals surface area contributed by atoms with E-state index in [1.54, 1.807) is 12.1 Å². The van der Waals surface area contributed by atoms with E-state index < -0.39 is 12.1 Å². The summed E-state index contributed by atoms with van der Waals surface area (Å²) in [5.41, 5.74) is 6.19. The topological polar surface area (TPSA) is 44.5 Å². The van der Waals surface area contributed by atoms with Crippen molar-refractivity contribution >= 4 is 23.2 Å². The number of hydrogen-bond acceptors (Lipinski definition) is 3. The van der Waals surface area contributed by atoms with Gasteiger partial charge in [-0.25, -0.2) is 0 Å². The van der Waals surface area contributed by atoms with Crippen LogP contribution in [0.1, 0.15) is 5.56 Å². The van der Waals surface area contributed by atoms with Gasteiger partial charge in [-0.2, -0.15) is 0 Å². The third-order valence-electron chi connectivity index (χ3n) is 2.55. The minimum Gasteiger partial charge on any atom is -0.454 e. The molecule has 0 fully saturated rings. The smallest absolute Gasteiger partial charge is 0.454 e. The molecule has 3 nitrogen and oxygen atoms in total. The monoisotopic (exact) mass is 351 g/mol. The molecule has 0 saturated heterocycles. The minimum absolute atomic E-state index is 0.103. The van der Waals surface area contributed by atoms with Crippen LogP contribution in [0.25, 0.3) is 0 Å². The van der Waals surface area contributed by atoms with E-state index in [0.717, 1.165) is 12.1 Å². The summed E-state index contributed by atoms with van der Waals surface area (Å²) in [7, 11) is 0. The van der Waals surface area contributed by atoms with Crippen molar-refractivity contribution in [1.29, 1.82) is 0 Å². The third-order valence-corrected chi connectivity index (χ3v) is 3.11. The van der Waals surface area contributed by atoms with Gasteiger partial charge in [0.1, 0.15) is 11.5 Å². The highest BCUT2D eigenvalue weighted by atomic mass is 35.5. The van der Waals surface area contributed by atoms with Crippen LogP contribution in [0.4, 0.5) is 13.2 Å². The van der Waals surface area contributed by atoms with Gasteiger partial charge in [0.15, 0.2) is 5.75 Å². The van der Waals surface area contributed by atoms with Gasteiger partial charge in [-0.3, -0.25) is 0 Å². The average molecular weight is 352 g/mol. The van der Waals surface area contributed by atoms with Crippen molar-refractivity contribution in [3.05, 3.63) is 52.0 Å². The van der Waals surface area contributed by atoms with Crippen molar-refractivity contribution in [2.75, 3.05) is 0 Å². The molecule has 0 aliphatic carbocycles. The van der Waals surface area contributed by atoms with E-state index in [-0.39, 0.29) is 28.1 Å². The van der Waals surface area contributed by atoms with Crippen molar-refractivity contribution in [3.8, 4) is 17.2 Å². The van der Waals surface area contributed by atoms with Gasteiger partial charge < -0.3 is 15.2 Å². The molecule has 0 saturated carbocycles. The van der Waals surface area contributed by atoms with Crippen molar-refractivity contribution < 1.29 is 22.6 Å². The number of benzene rings is 2. The molecule has 0 radical (unpaired) electrons. The Kier molecular flexibility index (Phi) is 5.05. The van der Waals surface area contributed by atoms with Crippen LogP contribution >= 0.6 is 23.2 Å². The summed E-state index contributed by atoms with van der Waals surface area (Å²) in [6, 6.07) is 8.18. The first kappa shape index (κ1) is 16.7. The predicted molar refractivity (Wildman–Crippen MR) is 77.6 cm³/mol. The molecule has 2 aromatic rings. The van der Waals surface area contributed by atoms with Crippen LogP contribution in [0.3, 0.4) is 0 Å². The molecule has 2 N–H and O–H groups in total. The SMILES string of the molecule is NCc1cc(Cl)c(Oc2cccc(OC(F)(F)F)c2)c(Cl)c1. The highest BCUT2D eigenvalue weighted by Crippen LogP contribution is 2.38. The number of alkyl halides is 3. The molecule has 0 heterocycles. The van der Waals surface area contributed by atoms with Crippen molar-refractivity contribution in [2.45, 2.75) is 12.9 Å². The van der Waals surface area contributed by atoms with Gasteiger partial charge in [0.2, 0.25) is 0 Å². The molecule has 0 aliphatic rings. The quantitative estimate of drug-likeness (QED) is 0.828. The highest BCUT2D eigenvalue weighted by Gasteiger charge is 2.31. The van der Waals surface area contributed by atoms with Gasteiger partial charge in [-0.15, -0.1) is 13.2 Å². The second-order valence-electron chi connectivity index (χ2n) is 4.22. The molecule has 0 bridgehead atoms. The fourth-order valence-corrected chi connectivity index (χ4v) is 2.29. The summed E-state index contributed by atoms with van der Waals surface area (Å²) in [6.45, 7) is 0.245. The van der Waals surface area contributed by atoms with Crippen molar-refractivity contribution in [2.24, 2.45) is 5.73 Å². The summed E-state index contributed by atoms with van der Waals surface area (Å²) in [4.78, 5) is 0. The van der Waals surface area contributed by atoms with E-state index in [0.29, 0.717) is 5.56 Å². The Bertz CT molecular complexity index is 654. The number of ether oxygens (including phenoxy) is 2. The Labute approximate surface area is 134 Å². The van der Waals surface area contributed by atoms with Gasteiger partial charge in [-0.05, 0) is 29.8 Å². The summed E-state index contributed by atoms with van der Waals surface area (Å²) in [5.74, 6) is -0.174. The largest absolute Gasteiger partial charge is 0.573 e. The fourth-order valence-electron chi connectivity index (χ4n) is 1.68. The second kappa shape index (κ2) is 6.64. The molecule has 0 aliphatic heterocycles. The van der Waals surface area contributed by atoms with Crippen LogP contribution in [0.15, 0.2) is 36.4 Å². The maximum absolute atomic E-state index is 12.2. The first-order valence-corrected chi connectivity index (χ1v) is 6.76. The molecule has 0 amide bonds. The van der Waals surface area contributed by atoms with Crippen molar-refractivity contribution in [3.63, 3.8) is 0 Å². The maximum Gasteiger partial charge on any atom is 0.573 e. The average Bonchev–Trinajstić information content (AvgIpc) is 2.41. The molecule has 2 rings (SSSR count). The maximum atomic E-state index is 12.2. The molecule has 0 spiro atoms. The lowest BCUT2D eigenvalue weighted by Gasteiger charge is -2.13. The molecular weight excluding hydrogens is 342 g/mol. The zero-order valence-corrected chi connectivity index (χ0v) is 12.5. The summed E-state index contributed by atoms with van der Waals surface area (Å²) >= 11 is 12.1. The summed E-state index contributed by atoms with van der Waals surface area (Å²) in [5, 5.41) is 0.408. The second-order valence-corrected chi connectivity index (χ2v) is 5.03. The Morgan fingerprint density at radius 3 is 2.14 bits per heavy atom. The van der Waals surface area contributed by atoms with Gasteiger partial charge >= 0.3 is 6.36 Å². The molecule has 118 valence electrons. The van der Waals surface area contributed by atoms with E-state index in [1.807, 2.05) is 0 Å². The molecule has 0 atom stereocenters. The molecular formula is C14H10Cl2F3NO2. The zero-order chi connectivity index (χ0) is 16.3. The first-order chi connectivity index (χ1) is 10.3. The number of hydrogen-bond donors (Lipinski definition) is 1. The van der Waals surface area contributed by atoms with Crippen LogP contribution in [0.2, 0.25) is 10.0 Å². The van der Waals surface area contributed by atoms with Crippen LogP contribution in [0.5, 0.6) is 17.2 Å². The van der Waals surface area contributed by atoms with Crippen LogP contribution < -0.4 is 15.2 Å². The fraction of sp³-hybridized carbons (Fsp3) is 0.143. The summed E-state index contributed by atoms with van der Waals surface area (Å²) < 4.78 is 45.8. The normalized spacial score (nSPS) is 11.4. The molecule has 8 heteroatoms. The first-order valence-electron chi connectivity index (χ1n) is 6.00. The minimum atomic E-state index is -4.78. The predicted octanol–water partition coefficient (Wildman–Crippen LogP) is 5.14. The molecule has 0 unspecified atom stereocenters. The van der Waals surface area contributed by atoms with E-state index >= 15 is 0 Å². The zero-order valence-electron chi connectivity index (χ0n) is 11.0. The third kappa shape index (κ3) is 4.43. The van der Waals surface area contributed by atoms with Crippen molar-refractivity contribution in [1.82, 2.24) is 0 Å². The van der Waals surface area contributed by atoms with Crippen LogP contribution in [-0.2, 0) is 6.54 Å². The summed E-state index contributed by atoms with van der Waals surface area (Å²) in [6.07, 6.45) is -4.78. The Hall–Kier alpha value is -1.63. The van der Waals surface area contributed by atoms with E-state index in [2.05, 4.69) is 4.74 Å². The number of nitrogens with two attached hydrogens (primary N) is 1. The highest BCUT2D eigenvalue weighted by molar-refractivity contribution is 6.37. The van der Waals surface area contributed by atoms with E-state index in [1.165, 1.54) is 12.1 Å². The lowest BCUT2D eigenvalue weighted by molar-refractivity contribution is -0.274.